The van der Waals surface area contributed by atoms with E-state index >= 15 is 0 Å². The second-order valence-electron chi connectivity index (χ2n) is 4.58. The smallest absolute Gasteiger partial charge is 0.132 e. The van der Waals surface area contributed by atoms with Crippen molar-refractivity contribution in [1.82, 2.24) is 4.98 Å². The SMILES string of the molecule is Cc1cc(Cl)cc2cc(-c3ccccc3)c(N)nc12.Cl. The van der Waals surface area contributed by atoms with Crippen molar-refractivity contribution in [3.05, 3.63) is 59.1 Å². The van der Waals surface area contributed by atoms with Gasteiger partial charge in [0.05, 0.1) is 5.52 Å². The number of aryl methyl sites for hydroxylation is 1. The molecule has 2 nitrogen and oxygen atoms in total. The van der Waals surface area contributed by atoms with Gasteiger partial charge in [0, 0.05) is 16.0 Å². The van der Waals surface area contributed by atoms with Crippen LogP contribution in [-0.2, 0) is 0 Å². The monoisotopic (exact) mass is 304 g/mol. The average Bonchev–Trinajstić information content (AvgIpc) is 2.40. The number of pyridine rings is 1. The largest absolute Gasteiger partial charge is 0.383 e. The summed E-state index contributed by atoms with van der Waals surface area (Å²) in [6.07, 6.45) is 0. The second-order valence-corrected chi connectivity index (χ2v) is 5.02. The third kappa shape index (κ3) is 2.58. The summed E-state index contributed by atoms with van der Waals surface area (Å²) in [5.41, 5.74) is 10.0. The van der Waals surface area contributed by atoms with E-state index in [0.29, 0.717) is 5.82 Å². The molecular weight excluding hydrogens is 291 g/mol. The van der Waals surface area contributed by atoms with Crippen LogP contribution in [0.5, 0.6) is 0 Å². The van der Waals surface area contributed by atoms with E-state index in [0.717, 1.165) is 32.6 Å². The summed E-state index contributed by atoms with van der Waals surface area (Å²) in [6.45, 7) is 1.99. The van der Waals surface area contributed by atoms with E-state index in [4.69, 9.17) is 17.3 Å². The number of nitrogens with two attached hydrogens (primary N) is 1. The molecule has 20 heavy (non-hydrogen) atoms. The Morgan fingerprint density at radius 1 is 1.05 bits per heavy atom. The Morgan fingerprint density at radius 3 is 2.45 bits per heavy atom. The molecule has 0 fully saturated rings. The van der Waals surface area contributed by atoms with Crippen LogP contribution < -0.4 is 5.73 Å². The Labute approximate surface area is 129 Å². The summed E-state index contributed by atoms with van der Waals surface area (Å²) in [4.78, 5) is 4.51. The summed E-state index contributed by atoms with van der Waals surface area (Å²) < 4.78 is 0. The topological polar surface area (TPSA) is 38.9 Å². The van der Waals surface area contributed by atoms with Crippen molar-refractivity contribution in [2.45, 2.75) is 6.92 Å². The van der Waals surface area contributed by atoms with Crippen molar-refractivity contribution in [1.29, 1.82) is 0 Å². The molecule has 1 heterocycles. The fourth-order valence-corrected chi connectivity index (χ4v) is 2.56. The van der Waals surface area contributed by atoms with Gasteiger partial charge in [0.1, 0.15) is 5.82 Å². The Balaban J connectivity index is 0.00000147. The van der Waals surface area contributed by atoms with Crippen LogP contribution in [0.4, 0.5) is 5.82 Å². The molecule has 1 aromatic heterocycles. The van der Waals surface area contributed by atoms with Crippen molar-refractivity contribution in [2.24, 2.45) is 0 Å². The molecule has 3 rings (SSSR count). The molecule has 0 aliphatic heterocycles. The first kappa shape index (κ1) is 14.6. The quantitative estimate of drug-likeness (QED) is 0.696. The van der Waals surface area contributed by atoms with Gasteiger partial charge in [-0.3, -0.25) is 0 Å². The number of anilines is 1. The molecule has 0 bridgehead atoms. The van der Waals surface area contributed by atoms with Crippen LogP contribution in [-0.4, -0.2) is 4.98 Å². The first-order valence-corrected chi connectivity index (χ1v) is 6.45. The molecule has 2 aromatic carbocycles. The molecule has 102 valence electrons. The molecule has 0 saturated carbocycles. The highest BCUT2D eigenvalue weighted by Crippen LogP contribution is 2.30. The van der Waals surface area contributed by atoms with Gasteiger partial charge in [0.2, 0.25) is 0 Å². The van der Waals surface area contributed by atoms with Crippen LogP contribution in [0.25, 0.3) is 22.0 Å². The zero-order chi connectivity index (χ0) is 13.4. The minimum atomic E-state index is 0. The number of hydrogen-bond donors (Lipinski definition) is 1. The minimum absolute atomic E-state index is 0. The van der Waals surface area contributed by atoms with Gasteiger partial charge < -0.3 is 5.73 Å². The number of halogens is 2. The predicted molar refractivity (Wildman–Crippen MR) is 88.6 cm³/mol. The molecule has 0 saturated heterocycles. The molecule has 3 aromatic rings. The molecule has 0 aliphatic carbocycles. The number of benzene rings is 2. The Kier molecular flexibility index (Phi) is 4.17. The molecule has 4 heteroatoms. The lowest BCUT2D eigenvalue weighted by Gasteiger charge is -2.09. The summed E-state index contributed by atoms with van der Waals surface area (Å²) in [6, 6.07) is 15.9. The maximum atomic E-state index is 6.10. The van der Waals surface area contributed by atoms with E-state index in [-0.39, 0.29) is 12.4 Å². The van der Waals surface area contributed by atoms with E-state index in [9.17, 15) is 0 Å². The highest BCUT2D eigenvalue weighted by Gasteiger charge is 2.08. The fourth-order valence-electron chi connectivity index (χ4n) is 2.28. The first-order chi connectivity index (χ1) is 9.15. The lowest BCUT2D eigenvalue weighted by molar-refractivity contribution is 1.37. The zero-order valence-electron chi connectivity index (χ0n) is 10.9. The number of nitrogens with zero attached hydrogens (tertiary/aromatic N) is 1. The Morgan fingerprint density at radius 2 is 1.75 bits per heavy atom. The van der Waals surface area contributed by atoms with E-state index in [2.05, 4.69) is 4.98 Å². The summed E-state index contributed by atoms with van der Waals surface area (Å²) in [7, 11) is 0. The van der Waals surface area contributed by atoms with Gasteiger partial charge in [-0.2, -0.15) is 0 Å². The van der Waals surface area contributed by atoms with Crippen LogP contribution in [0.3, 0.4) is 0 Å². The van der Waals surface area contributed by atoms with Crippen LogP contribution in [0.15, 0.2) is 48.5 Å². The van der Waals surface area contributed by atoms with Crippen LogP contribution in [0.2, 0.25) is 5.02 Å². The second kappa shape index (κ2) is 5.70. The Bertz CT molecular complexity index is 755. The molecule has 0 aliphatic rings. The minimum Gasteiger partial charge on any atom is -0.383 e. The van der Waals surface area contributed by atoms with Gasteiger partial charge in [-0.1, -0.05) is 41.9 Å². The molecule has 0 atom stereocenters. The summed E-state index contributed by atoms with van der Waals surface area (Å²) in [5.74, 6) is 0.545. The van der Waals surface area contributed by atoms with Crippen molar-refractivity contribution in [3.63, 3.8) is 0 Å². The highest BCUT2D eigenvalue weighted by atomic mass is 35.5. The van der Waals surface area contributed by atoms with Gasteiger partial charge in [-0.25, -0.2) is 4.98 Å². The molecule has 0 radical (unpaired) electrons. The first-order valence-electron chi connectivity index (χ1n) is 6.07. The van der Waals surface area contributed by atoms with E-state index in [1.807, 2.05) is 55.5 Å². The average molecular weight is 305 g/mol. The number of rotatable bonds is 1. The summed E-state index contributed by atoms with van der Waals surface area (Å²) in [5, 5.41) is 1.73. The zero-order valence-corrected chi connectivity index (χ0v) is 12.5. The van der Waals surface area contributed by atoms with Crippen molar-refractivity contribution >= 4 is 40.7 Å². The van der Waals surface area contributed by atoms with Crippen LogP contribution >= 0.6 is 24.0 Å². The fraction of sp³-hybridized carbons (Fsp3) is 0.0625. The van der Waals surface area contributed by atoms with Crippen LogP contribution in [0, 0.1) is 6.92 Å². The van der Waals surface area contributed by atoms with Crippen molar-refractivity contribution in [2.75, 3.05) is 5.73 Å². The van der Waals surface area contributed by atoms with Crippen molar-refractivity contribution in [3.8, 4) is 11.1 Å². The van der Waals surface area contributed by atoms with E-state index < -0.39 is 0 Å². The maximum absolute atomic E-state index is 6.10. The number of fused-ring (bicyclic) bond motifs is 1. The van der Waals surface area contributed by atoms with Gasteiger partial charge >= 0.3 is 0 Å². The number of aromatic nitrogens is 1. The normalized spacial score (nSPS) is 10.3. The van der Waals surface area contributed by atoms with E-state index in [1.165, 1.54) is 0 Å². The third-order valence-electron chi connectivity index (χ3n) is 3.19. The Hall–Kier alpha value is -1.77. The number of hydrogen-bond acceptors (Lipinski definition) is 2. The maximum Gasteiger partial charge on any atom is 0.132 e. The molecular formula is C16H14Cl2N2. The summed E-state index contributed by atoms with van der Waals surface area (Å²) >= 11 is 6.10. The standard InChI is InChI=1S/C16H13ClN2.ClH/c1-10-7-13(17)8-12-9-14(16(18)19-15(10)12)11-5-3-2-4-6-11;/h2-9H,1H3,(H2,18,19);1H. The third-order valence-corrected chi connectivity index (χ3v) is 3.41. The van der Waals surface area contributed by atoms with Gasteiger partial charge in [0.25, 0.3) is 0 Å². The van der Waals surface area contributed by atoms with Gasteiger partial charge in [-0.05, 0) is 36.2 Å². The van der Waals surface area contributed by atoms with Crippen LogP contribution in [0.1, 0.15) is 5.56 Å². The lowest BCUT2D eigenvalue weighted by Crippen LogP contribution is -1.96. The molecule has 0 spiro atoms. The number of nitrogen functional groups attached to an aromatic ring is 1. The van der Waals surface area contributed by atoms with E-state index in [1.54, 1.807) is 0 Å². The highest BCUT2D eigenvalue weighted by molar-refractivity contribution is 6.31. The van der Waals surface area contributed by atoms with Gasteiger partial charge in [0.15, 0.2) is 0 Å². The lowest BCUT2D eigenvalue weighted by atomic mass is 10.0. The van der Waals surface area contributed by atoms with Crippen molar-refractivity contribution < 1.29 is 0 Å². The predicted octanol–water partition coefficient (Wildman–Crippen LogP) is 4.87. The molecule has 0 unspecified atom stereocenters. The molecule has 2 N–H and O–H groups in total. The van der Waals surface area contributed by atoms with Gasteiger partial charge in [-0.15, -0.1) is 12.4 Å². The molecule has 0 amide bonds.